The summed E-state index contributed by atoms with van der Waals surface area (Å²) in [6.45, 7) is 3.80. The van der Waals surface area contributed by atoms with Crippen molar-refractivity contribution in [2.24, 2.45) is 0 Å². The molecule has 2 aromatic carbocycles. The standard InChI is InChI=1S/C20H24O4/c1-19(21-3)17(15-11-7-5-8-12-15)24-20(2,22-4)18(23-19)16-13-9-6-10-14-16/h5-14,17-18H,1-4H3. The van der Waals surface area contributed by atoms with Crippen molar-refractivity contribution in [2.45, 2.75) is 37.6 Å². The van der Waals surface area contributed by atoms with Crippen LogP contribution in [0.4, 0.5) is 0 Å². The van der Waals surface area contributed by atoms with Crippen molar-refractivity contribution in [3.05, 3.63) is 71.8 Å². The molecule has 3 rings (SSSR count). The number of rotatable bonds is 4. The van der Waals surface area contributed by atoms with Crippen LogP contribution in [-0.2, 0) is 18.9 Å². The average Bonchev–Trinajstić information content (AvgIpc) is 2.65. The molecule has 1 aliphatic rings. The van der Waals surface area contributed by atoms with Gasteiger partial charge in [-0.1, -0.05) is 60.7 Å². The number of ether oxygens (including phenoxy) is 4. The summed E-state index contributed by atoms with van der Waals surface area (Å²) in [6.07, 6.45) is -0.817. The van der Waals surface area contributed by atoms with E-state index in [0.29, 0.717) is 0 Å². The van der Waals surface area contributed by atoms with Crippen LogP contribution in [-0.4, -0.2) is 25.8 Å². The van der Waals surface area contributed by atoms with Gasteiger partial charge in [-0.05, 0) is 25.0 Å². The monoisotopic (exact) mass is 328 g/mol. The highest BCUT2D eigenvalue weighted by molar-refractivity contribution is 5.24. The van der Waals surface area contributed by atoms with Gasteiger partial charge in [0.1, 0.15) is 12.2 Å². The fourth-order valence-electron chi connectivity index (χ4n) is 3.11. The van der Waals surface area contributed by atoms with E-state index in [1.165, 1.54) is 0 Å². The number of benzene rings is 2. The third-order valence-corrected chi connectivity index (χ3v) is 4.67. The Morgan fingerprint density at radius 3 is 1.29 bits per heavy atom. The lowest BCUT2D eigenvalue weighted by atomic mass is 9.94. The van der Waals surface area contributed by atoms with Crippen molar-refractivity contribution in [1.82, 2.24) is 0 Å². The lowest BCUT2D eigenvalue weighted by molar-refractivity contribution is -0.429. The predicted octanol–water partition coefficient (Wildman–Crippen LogP) is 4.24. The van der Waals surface area contributed by atoms with Gasteiger partial charge in [0.15, 0.2) is 11.6 Å². The van der Waals surface area contributed by atoms with E-state index in [0.717, 1.165) is 11.1 Å². The van der Waals surface area contributed by atoms with Crippen LogP contribution in [0.1, 0.15) is 37.2 Å². The van der Waals surface area contributed by atoms with E-state index in [9.17, 15) is 0 Å². The van der Waals surface area contributed by atoms with Crippen molar-refractivity contribution in [1.29, 1.82) is 0 Å². The minimum absolute atomic E-state index is 0.409. The SMILES string of the molecule is COC1(C)OC(c2ccccc2)C(C)(OC)OC1c1ccccc1. The third-order valence-electron chi connectivity index (χ3n) is 4.67. The zero-order valence-electron chi connectivity index (χ0n) is 14.6. The van der Waals surface area contributed by atoms with Crippen molar-refractivity contribution < 1.29 is 18.9 Å². The summed E-state index contributed by atoms with van der Waals surface area (Å²) in [5, 5.41) is 0. The highest BCUT2D eigenvalue weighted by atomic mass is 16.8. The molecule has 128 valence electrons. The molecule has 0 N–H and O–H groups in total. The van der Waals surface area contributed by atoms with E-state index in [1.807, 2.05) is 74.5 Å². The maximum Gasteiger partial charge on any atom is 0.196 e. The summed E-state index contributed by atoms with van der Waals surface area (Å²) in [5.74, 6) is -1.86. The first kappa shape index (κ1) is 17.1. The molecule has 1 saturated heterocycles. The maximum absolute atomic E-state index is 6.41. The van der Waals surface area contributed by atoms with E-state index < -0.39 is 23.8 Å². The van der Waals surface area contributed by atoms with Gasteiger partial charge in [-0.15, -0.1) is 0 Å². The first-order valence-electron chi connectivity index (χ1n) is 8.08. The van der Waals surface area contributed by atoms with Gasteiger partial charge in [0.2, 0.25) is 0 Å². The maximum atomic E-state index is 6.41. The molecule has 0 aromatic heterocycles. The van der Waals surface area contributed by atoms with Gasteiger partial charge in [0.05, 0.1) is 0 Å². The lowest BCUT2D eigenvalue weighted by Crippen LogP contribution is -2.55. The van der Waals surface area contributed by atoms with Crippen LogP contribution in [0.3, 0.4) is 0 Å². The zero-order valence-corrected chi connectivity index (χ0v) is 14.6. The quantitative estimate of drug-likeness (QED) is 0.841. The summed E-state index contributed by atoms with van der Waals surface area (Å²) >= 11 is 0. The molecule has 1 heterocycles. The van der Waals surface area contributed by atoms with Gasteiger partial charge in [-0.25, -0.2) is 0 Å². The predicted molar refractivity (Wildman–Crippen MR) is 91.4 cm³/mol. The smallest absolute Gasteiger partial charge is 0.196 e. The van der Waals surface area contributed by atoms with Crippen LogP contribution in [0, 0.1) is 0 Å². The Bertz CT molecular complexity index is 600. The summed E-state index contributed by atoms with van der Waals surface area (Å²) in [5.41, 5.74) is 1.97. The molecule has 0 spiro atoms. The molecule has 4 atom stereocenters. The molecule has 0 bridgehead atoms. The Kier molecular flexibility index (Phi) is 4.74. The Morgan fingerprint density at radius 2 is 1.00 bits per heavy atom. The van der Waals surface area contributed by atoms with Crippen LogP contribution in [0.25, 0.3) is 0 Å². The van der Waals surface area contributed by atoms with Crippen LogP contribution >= 0.6 is 0 Å². The van der Waals surface area contributed by atoms with Crippen LogP contribution in [0.5, 0.6) is 0 Å². The summed E-state index contributed by atoms with van der Waals surface area (Å²) in [6, 6.07) is 19.9. The van der Waals surface area contributed by atoms with Crippen molar-refractivity contribution in [3.8, 4) is 0 Å². The largest absolute Gasteiger partial charge is 0.351 e. The normalized spacial score (nSPS) is 33.3. The minimum atomic E-state index is -0.931. The fourth-order valence-corrected chi connectivity index (χ4v) is 3.11. The number of hydrogen-bond donors (Lipinski definition) is 0. The van der Waals surface area contributed by atoms with Gasteiger partial charge in [-0.2, -0.15) is 0 Å². The highest BCUT2D eigenvalue weighted by Gasteiger charge is 2.54. The zero-order chi connectivity index (χ0) is 17.2. The van der Waals surface area contributed by atoms with Crippen LogP contribution < -0.4 is 0 Å². The van der Waals surface area contributed by atoms with Gasteiger partial charge in [-0.3, -0.25) is 0 Å². The molecule has 4 nitrogen and oxygen atoms in total. The van der Waals surface area contributed by atoms with Crippen molar-refractivity contribution in [2.75, 3.05) is 14.2 Å². The molecule has 0 radical (unpaired) electrons. The topological polar surface area (TPSA) is 36.9 Å². The molecule has 1 fully saturated rings. The molecule has 2 aromatic rings. The molecular formula is C20H24O4. The van der Waals surface area contributed by atoms with E-state index >= 15 is 0 Å². The summed E-state index contributed by atoms with van der Waals surface area (Å²) < 4.78 is 24.3. The molecular weight excluding hydrogens is 304 g/mol. The summed E-state index contributed by atoms with van der Waals surface area (Å²) in [4.78, 5) is 0. The molecule has 24 heavy (non-hydrogen) atoms. The van der Waals surface area contributed by atoms with Gasteiger partial charge in [0.25, 0.3) is 0 Å². The van der Waals surface area contributed by atoms with Crippen LogP contribution in [0.15, 0.2) is 60.7 Å². The van der Waals surface area contributed by atoms with E-state index in [-0.39, 0.29) is 0 Å². The van der Waals surface area contributed by atoms with Crippen molar-refractivity contribution in [3.63, 3.8) is 0 Å². The van der Waals surface area contributed by atoms with Crippen LogP contribution in [0.2, 0.25) is 0 Å². The number of hydrogen-bond acceptors (Lipinski definition) is 4. The Morgan fingerprint density at radius 1 is 0.667 bits per heavy atom. The van der Waals surface area contributed by atoms with Gasteiger partial charge >= 0.3 is 0 Å². The van der Waals surface area contributed by atoms with Crippen molar-refractivity contribution >= 4 is 0 Å². The highest BCUT2D eigenvalue weighted by Crippen LogP contribution is 2.50. The second-order valence-electron chi connectivity index (χ2n) is 6.26. The second kappa shape index (κ2) is 6.65. The van der Waals surface area contributed by atoms with Gasteiger partial charge < -0.3 is 18.9 Å². The van der Waals surface area contributed by atoms with E-state index in [4.69, 9.17) is 18.9 Å². The van der Waals surface area contributed by atoms with E-state index in [2.05, 4.69) is 0 Å². The fraction of sp³-hybridized carbons (Fsp3) is 0.400. The third kappa shape index (κ3) is 2.98. The Labute approximate surface area is 143 Å². The van der Waals surface area contributed by atoms with Gasteiger partial charge in [0, 0.05) is 14.2 Å². The molecule has 1 aliphatic heterocycles. The first-order chi connectivity index (χ1) is 11.5. The minimum Gasteiger partial charge on any atom is -0.351 e. The first-order valence-corrected chi connectivity index (χ1v) is 8.08. The number of methoxy groups -OCH3 is 2. The lowest BCUT2D eigenvalue weighted by Gasteiger charge is -2.51. The second-order valence-corrected chi connectivity index (χ2v) is 6.26. The molecule has 4 unspecified atom stereocenters. The molecule has 0 saturated carbocycles. The molecule has 4 heteroatoms. The average molecular weight is 328 g/mol. The van der Waals surface area contributed by atoms with E-state index in [1.54, 1.807) is 14.2 Å². The summed E-state index contributed by atoms with van der Waals surface area (Å²) in [7, 11) is 3.27. The molecule has 0 aliphatic carbocycles. The Balaban J connectivity index is 2.02. The Hall–Kier alpha value is -1.72. The molecule has 0 amide bonds.